The van der Waals surface area contributed by atoms with Crippen molar-refractivity contribution >= 4 is 22.2 Å². The lowest BCUT2D eigenvalue weighted by atomic mass is 10.0. The van der Waals surface area contributed by atoms with Gasteiger partial charge in [-0.15, -0.1) is 0 Å². The fourth-order valence-electron chi connectivity index (χ4n) is 5.49. The number of ether oxygens (including phenoxy) is 6. The molecule has 2 fully saturated rings. The summed E-state index contributed by atoms with van der Waals surface area (Å²) in [6.45, 7) is 4.24. The van der Waals surface area contributed by atoms with Crippen molar-refractivity contribution in [3.8, 4) is 17.2 Å². The number of hydrogen-bond donors (Lipinski definition) is 2. The fraction of sp³-hybridized carbons (Fsp3) is 0.548. The monoisotopic (exact) mass is 663 g/mol. The summed E-state index contributed by atoms with van der Waals surface area (Å²) in [5, 5.41) is 14.3. The maximum absolute atomic E-state index is 13.9. The van der Waals surface area contributed by atoms with Gasteiger partial charge >= 0.3 is 12.2 Å². The molecule has 252 valence electrons. The normalized spacial score (nSPS) is 21.6. The van der Waals surface area contributed by atoms with E-state index in [9.17, 15) is 23.1 Å². The summed E-state index contributed by atoms with van der Waals surface area (Å²) in [7, 11) is -0.950. The molecule has 3 aliphatic rings. The Hall–Kier alpha value is -3.63. The number of carbonyl (C=O) groups is 2. The molecule has 2 N–H and O–H groups in total. The van der Waals surface area contributed by atoms with Gasteiger partial charge in [-0.2, -0.15) is 4.31 Å². The van der Waals surface area contributed by atoms with Gasteiger partial charge in [-0.25, -0.2) is 18.0 Å². The molecule has 0 radical (unpaired) electrons. The molecule has 2 amide bonds. The van der Waals surface area contributed by atoms with Gasteiger partial charge in [0.15, 0.2) is 17.8 Å². The predicted octanol–water partition coefficient (Wildman–Crippen LogP) is 2.58. The standard InChI is InChI=1S/C31H41N3O11S/c1-19(2)15-34(46(38,39)22-9-10-26-27(14-22)43-18-42-26)16-25(35)24(13-20-5-7-21(8-6-20)44-31(37)33(3)4)32-30(36)45-28-17-41-29-23(28)11-12-40-29/h5-10,14,19,23-25,28-29,35H,11-13,15-18H2,1-4H3,(H,32,36)/t23?,24-,25+,28?,29?/m0/s1. The third-order valence-electron chi connectivity index (χ3n) is 7.90. The van der Waals surface area contributed by atoms with Crippen molar-refractivity contribution in [3.05, 3.63) is 48.0 Å². The van der Waals surface area contributed by atoms with Crippen molar-refractivity contribution in [2.75, 3.05) is 47.2 Å². The van der Waals surface area contributed by atoms with E-state index >= 15 is 0 Å². The molecule has 0 saturated carbocycles. The number of aliphatic hydroxyl groups is 1. The van der Waals surface area contributed by atoms with Gasteiger partial charge in [0, 0.05) is 33.3 Å². The van der Waals surface area contributed by atoms with Crippen LogP contribution in [0.5, 0.6) is 17.2 Å². The van der Waals surface area contributed by atoms with Gasteiger partial charge in [-0.05, 0) is 48.6 Å². The molecule has 14 nitrogen and oxygen atoms in total. The van der Waals surface area contributed by atoms with Gasteiger partial charge in [0.1, 0.15) is 11.9 Å². The number of rotatable bonds is 12. The number of carbonyl (C=O) groups excluding carboxylic acids is 2. The van der Waals surface area contributed by atoms with E-state index in [1.165, 1.54) is 27.4 Å². The average molecular weight is 664 g/mol. The highest BCUT2D eigenvalue weighted by Gasteiger charge is 2.44. The predicted molar refractivity (Wildman–Crippen MR) is 163 cm³/mol. The van der Waals surface area contributed by atoms with E-state index < -0.39 is 46.7 Å². The lowest BCUT2D eigenvalue weighted by molar-refractivity contribution is -0.0907. The van der Waals surface area contributed by atoms with Crippen molar-refractivity contribution in [3.63, 3.8) is 0 Å². The fourth-order valence-corrected chi connectivity index (χ4v) is 7.13. The van der Waals surface area contributed by atoms with Crippen LogP contribution >= 0.6 is 0 Å². The molecular formula is C31H41N3O11S. The molecule has 0 bridgehead atoms. The number of alkyl carbamates (subject to hydrolysis) is 1. The van der Waals surface area contributed by atoms with Gasteiger partial charge in [0.2, 0.25) is 16.8 Å². The van der Waals surface area contributed by atoms with Gasteiger partial charge in [-0.3, -0.25) is 0 Å². The molecule has 3 aliphatic heterocycles. The third-order valence-corrected chi connectivity index (χ3v) is 9.73. The topological polar surface area (TPSA) is 162 Å². The molecule has 0 aromatic heterocycles. The third kappa shape index (κ3) is 8.01. The van der Waals surface area contributed by atoms with Gasteiger partial charge in [-0.1, -0.05) is 26.0 Å². The molecule has 5 rings (SSSR count). The first kappa shape index (κ1) is 33.7. The van der Waals surface area contributed by atoms with Crippen LogP contribution in [-0.4, -0.2) is 107 Å². The van der Waals surface area contributed by atoms with Crippen molar-refractivity contribution in [1.29, 1.82) is 0 Å². The maximum Gasteiger partial charge on any atom is 0.414 e. The Bertz CT molecular complexity index is 1490. The number of fused-ring (bicyclic) bond motifs is 2. The highest BCUT2D eigenvalue weighted by Crippen LogP contribution is 2.35. The number of amides is 2. The summed E-state index contributed by atoms with van der Waals surface area (Å²) in [6, 6.07) is 10.0. The number of nitrogens with one attached hydrogen (secondary N) is 1. The SMILES string of the molecule is CC(C)CN(C[C@@H](O)[C@H](Cc1ccc(OC(=O)N(C)C)cc1)NC(=O)OC1COC2OCCC12)S(=O)(=O)c1ccc2c(c1)OCO2. The van der Waals surface area contributed by atoms with Crippen LogP contribution in [0, 0.1) is 11.8 Å². The second-order valence-corrected chi connectivity index (χ2v) is 14.1. The largest absolute Gasteiger partial charge is 0.454 e. The molecule has 3 heterocycles. The van der Waals surface area contributed by atoms with E-state index in [2.05, 4.69) is 5.32 Å². The Kier molecular flexibility index (Phi) is 10.6. The Labute approximate surface area is 268 Å². The minimum atomic E-state index is -4.09. The lowest BCUT2D eigenvalue weighted by Gasteiger charge is -2.31. The Morgan fingerprint density at radius 1 is 1.04 bits per heavy atom. The molecule has 46 heavy (non-hydrogen) atoms. The average Bonchev–Trinajstić information content (AvgIpc) is 3.75. The van der Waals surface area contributed by atoms with Crippen molar-refractivity contribution < 1.29 is 51.5 Å². The van der Waals surface area contributed by atoms with Crippen LogP contribution in [0.3, 0.4) is 0 Å². The van der Waals surface area contributed by atoms with Crippen LogP contribution < -0.4 is 19.5 Å². The summed E-state index contributed by atoms with van der Waals surface area (Å²) in [5.74, 6) is 0.926. The first-order chi connectivity index (χ1) is 21.9. The second kappa shape index (κ2) is 14.4. The number of aliphatic hydroxyl groups excluding tert-OH is 1. The highest BCUT2D eigenvalue weighted by atomic mass is 32.2. The van der Waals surface area contributed by atoms with E-state index in [0.29, 0.717) is 35.8 Å². The molecule has 2 aromatic carbocycles. The summed E-state index contributed by atoms with van der Waals surface area (Å²) < 4.78 is 61.7. The summed E-state index contributed by atoms with van der Waals surface area (Å²) in [5.41, 5.74) is 0.691. The number of benzene rings is 2. The molecule has 0 spiro atoms. The van der Waals surface area contributed by atoms with Gasteiger partial charge in [0.05, 0.1) is 36.2 Å². The van der Waals surface area contributed by atoms with E-state index in [0.717, 1.165) is 0 Å². The van der Waals surface area contributed by atoms with Crippen LogP contribution in [0.4, 0.5) is 9.59 Å². The number of sulfonamides is 1. The molecule has 5 atom stereocenters. The van der Waals surface area contributed by atoms with E-state index in [-0.39, 0.29) is 49.6 Å². The minimum Gasteiger partial charge on any atom is -0.454 e. The van der Waals surface area contributed by atoms with Gasteiger partial charge < -0.3 is 43.7 Å². The zero-order chi connectivity index (χ0) is 33.0. The number of hydrogen-bond acceptors (Lipinski definition) is 11. The van der Waals surface area contributed by atoms with Crippen LogP contribution in [0.15, 0.2) is 47.4 Å². The van der Waals surface area contributed by atoms with Crippen LogP contribution in [0.1, 0.15) is 25.8 Å². The molecular weight excluding hydrogens is 622 g/mol. The first-order valence-electron chi connectivity index (χ1n) is 15.2. The summed E-state index contributed by atoms with van der Waals surface area (Å²) in [6.07, 6.45) is -2.76. The summed E-state index contributed by atoms with van der Waals surface area (Å²) in [4.78, 5) is 26.4. The van der Waals surface area contributed by atoms with Crippen LogP contribution in [0.2, 0.25) is 0 Å². The Balaban J connectivity index is 1.34. The van der Waals surface area contributed by atoms with E-state index in [1.54, 1.807) is 38.4 Å². The van der Waals surface area contributed by atoms with Crippen LogP contribution in [-0.2, 0) is 30.7 Å². The van der Waals surface area contributed by atoms with E-state index in [4.69, 9.17) is 28.4 Å². The molecule has 3 unspecified atom stereocenters. The molecule has 2 aromatic rings. The molecule has 0 aliphatic carbocycles. The van der Waals surface area contributed by atoms with Gasteiger partial charge in [0.25, 0.3) is 0 Å². The van der Waals surface area contributed by atoms with Crippen molar-refractivity contribution in [2.45, 2.75) is 56.1 Å². The van der Waals surface area contributed by atoms with Crippen LogP contribution in [0.25, 0.3) is 0 Å². The zero-order valence-corrected chi connectivity index (χ0v) is 27.1. The maximum atomic E-state index is 13.9. The van der Waals surface area contributed by atoms with E-state index in [1.807, 2.05) is 13.8 Å². The second-order valence-electron chi connectivity index (χ2n) is 12.1. The quantitative estimate of drug-likeness (QED) is 0.343. The minimum absolute atomic E-state index is 0.00280. The smallest absolute Gasteiger partial charge is 0.414 e. The number of nitrogens with zero attached hydrogens (tertiary/aromatic N) is 2. The Morgan fingerprint density at radius 2 is 1.78 bits per heavy atom. The zero-order valence-electron chi connectivity index (χ0n) is 26.3. The summed E-state index contributed by atoms with van der Waals surface area (Å²) >= 11 is 0. The molecule has 2 saturated heterocycles. The lowest BCUT2D eigenvalue weighted by Crippen LogP contribution is -2.51. The molecule has 15 heteroatoms. The first-order valence-corrected chi connectivity index (χ1v) is 16.6. The van der Waals surface area contributed by atoms with Crippen molar-refractivity contribution in [1.82, 2.24) is 14.5 Å². The van der Waals surface area contributed by atoms with Crippen molar-refractivity contribution in [2.24, 2.45) is 11.8 Å². The Morgan fingerprint density at radius 3 is 2.50 bits per heavy atom. The highest BCUT2D eigenvalue weighted by molar-refractivity contribution is 7.89.